The number of hydrogen-bond acceptors (Lipinski definition) is 3. The fraction of sp³-hybridized carbons (Fsp3) is 0.538. The van der Waals surface area contributed by atoms with Crippen molar-refractivity contribution < 1.29 is 5.11 Å². The molecule has 3 nitrogen and oxygen atoms in total. The van der Waals surface area contributed by atoms with Gasteiger partial charge in [-0.05, 0) is 49.9 Å². The van der Waals surface area contributed by atoms with Gasteiger partial charge in [-0.3, -0.25) is 0 Å². The Hall–Kier alpha value is -1.22. The van der Waals surface area contributed by atoms with Crippen LogP contribution in [0.5, 0.6) is 0 Å². The molecule has 0 amide bonds. The molecule has 0 spiro atoms. The summed E-state index contributed by atoms with van der Waals surface area (Å²) in [7, 11) is 0. The molecule has 1 aliphatic carbocycles. The van der Waals surface area contributed by atoms with Crippen LogP contribution >= 0.6 is 0 Å². The summed E-state index contributed by atoms with van der Waals surface area (Å²) in [4.78, 5) is 2.40. The lowest BCUT2D eigenvalue weighted by molar-refractivity contribution is 0.283. The average molecular weight is 220 g/mol. The molecule has 1 fully saturated rings. The lowest BCUT2D eigenvalue weighted by Gasteiger charge is -2.39. The second kappa shape index (κ2) is 5.21. The molecule has 1 aromatic carbocycles. The van der Waals surface area contributed by atoms with E-state index in [1.165, 1.54) is 24.9 Å². The normalized spacial score (nSPS) is 15.8. The molecule has 16 heavy (non-hydrogen) atoms. The van der Waals surface area contributed by atoms with E-state index in [0.29, 0.717) is 6.04 Å². The van der Waals surface area contributed by atoms with E-state index in [-0.39, 0.29) is 6.61 Å². The maximum Gasteiger partial charge on any atom is 0.0447 e. The van der Waals surface area contributed by atoms with Crippen LogP contribution in [0.15, 0.2) is 24.3 Å². The van der Waals surface area contributed by atoms with Crippen LogP contribution in [0.25, 0.3) is 0 Å². The summed E-state index contributed by atoms with van der Waals surface area (Å²) in [6.45, 7) is 1.20. The van der Waals surface area contributed by atoms with Crippen molar-refractivity contribution in [2.45, 2.75) is 31.7 Å². The Balaban J connectivity index is 2.07. The SMILES string of the molecule is Nc1ccc(N(CCCO)C2CCC2)cc1. The van der Waals surface area contributed by atoms with Crippen LogP contribution in [0.3, 0.4) is 0 Å². The maximum absolute atomic E-state index is 8.93. The van der Waals surface area contributed by atoms with E-state index >= 15 is 0 Å². The molecule has 0 aliphatic heterocycles. The molecule has 0 saturated heterocycles. The van der Waals surface area contributed by atoms with Crippen LogP contribution in [0, 0.1) is 0 Å². The Kier molecular flexibility index (Phi) is 3.67. The Morgan fingerprint density at radius 1 is 1.25 bits per heavy atom. The van der Waals surface area contributed by atoms with Crippen LogP contribution in [0.4, 0.5) is 11.4 Å². The molecule has 0 bridgehead atoms. The summed E-state index contributed by atoms with van der Waals surface area (Å²) in [5.74, 6) is 0. The smallest absolute Gasteiger partial charge is 0.0447 e. The largest absolute Gasteiger partial charge is 0.399 e. The summed E-state index contributed by atoms with van der Waals surface area (Å²) >= 11 is 0. The van der Waals surface area contributed by atoms with Crippen LogP contribution in [-0.4, -0.2) is 24.3 Å². The first-order valence-corrected chi connectivity index (χ1v) is 6.04. The summed E-state index contributed by atoms with van der Waals surface area (Å²) in [6.07, 6.45) is 4.71. The van der Waals surface area contributed by atoms with Gasteiger partial charge in [-0.1, -0.05) is 0 Å². The minimum Gasteiger partial charge on any atom is -0.399 e. The lowest BCUT2D eigenvalue weighted by atomic mass is 9.91. The standard InChI is InChI=1S/C13H20N2O/c14-11-5-7-13(8-6-11)15(9-2-10-16)12-3-1-4-12/h5-8,12,16H,1-4,9-10,14H2. The molecular weight excluding hydrogens is 200 g/mol. The van der Waals surface area contributed by atoms with Crippen molar-refractivity contribution in [2.24, 2.45) is 0 Å². The van der Waals surface area contributed by atoms with Crippen molar-refractivity contribution in [2.75, 3.05) is 23.8 Å². The Morgan fingerprint density at radius 2 is 1.94 bits per heavy atom. The predicted molar refractivity (Wildman–Crippen MR) is 67.5 cm³/mol. The summed E-state index contributed by atoms with van der Waals surface area (Å²) in [5.41, 5.74) is 7.73. The highest BCUT2D eigenvalue weighted by molar-refractivity contribution is 5.54. The quantitative estimate of drug-likeness (QED) is 0.746. The Bertz CT molecular complexity index is 319. The average Bonchev–Trinajstić information content (AvgIpc) is 2.23. The van der Waals surface area contributed by atoms with Crippen LogP contribution < -0.4 is 10.6 Å². The summed E-state index contributed by atoms with van der Waals surface area (Å²) in [6, 6.07) is 8.70. The third-order valence-corrected chi connectivity index (χ3v) is 3.30. The van der Waals surface area contributed by atoms with Gasteiger partial charge in [0.05, 0.1) is 0 Å². The zero-order valence-corrected chi connectivity index (χ0v) is 9.60. The number of anilines is 2. The third-order valence-electron chi connectivity index (χ3n) is 3.30. The molecule has 1 saturated carbocycles. The molecule has 0 heterocycles. The second-order valence-electron chi connectivity index (χ2n) is 4.45. The second-order valence-corrected chi connectivity index (χ2v) is 4.45. The van der Waals surface area contributed by atoms with E-state index in [2.05, 4.69) is 17.0 Å². The zero-order chi connectivity index (χ0) is 11.4. The molecule has 3 heteroatoms. The van der Waals surface area contributed by atoms with Crippen LogP contribution in [0.2, 0.25) is 0 Å². The molecule has 0 unspecified atom stereocenters. The van der Waals surface area contributed by atoms with E-state index in [1.54, 1.807) is 0 Å². The van der Waals surface area contributed by atoms with Crippen molar-refractivity contribution in [1.82, 2.24) is 0 Å². The first-order valence-electron chi connectivity index (χ1n) is 6.04. The van der Waals surface area contributed by atoms with Gasteiger partial charge in [0.2, 0.25) is 0 Å². The maximum atomic E-state index is 8.93. The first kappa shape index (κ1) is 11.3. The number of benzene rings is 1. The summed E-state index contributed by atoms with van der Waals surface area (Å²) in [5, 5.41) is 8.93. The van der Waals surface area contributed by atoms with Crippen molar-refractivity contribution >= 4 is 11.4 Å². The molecule has 0 aromatic heterocycles. The van der Waals surface area contributed by atoms with Gasteiger partial charge in [0.25, 0.3) is 0 Å². The minimum atomic E-state index is 0.262. The van der Waals surface area contributed by atoms with Crippen molar-refractivity contribution in [3.05, 3.63) is 24.3 Å². The van der Waals surface area contributed by atoms with Crippen molar-refractivity contribution in [3.63, 3.8) is 0 Å². The molecule has 1 aromatic rings. The van der Waals surface area contributed by atoms with Gasteiger partial charge in [0, 0.05) is 30.6 Å². The number of hydrogen-bond donors (Lipinski definition) is 2. The van der Waals surface area contributed by atoms with Gasteiger partial charge in [-0.15, -0.1) is 0 Å². The highest BCUT2D eigenvalue weighted by Crippen LogP contribution is 2.30. The first-order chi connectivity index (χ1) is 7.81. The van der Waals surface area contributed by atoms with Crippen LogP contribution in [-0.2, 0) is 0 Å². The molecule has 1 aliphatic rings. The zero-order valence-electron chi connectivity index (χ0n) is 9.60. The van der Waals surface area contributed by atoms with Gasteiger partial charge in [0.1, 0.15) is 0 Å². The highest BCUT2D eigenvalue weighted by Gasteiger charge is 2.24. The fourth-order valence-corrected chi connectivity index (χ4v) is 2.13. The number of aliphatic hydroxyl groups is 1. The predicted octanol–water partition coefficient (Wildman–Crippen LogP) is 2.01. The molecular formula is C13H20N2O. The molecule has 0 radical (unpaired) electrons. The van der Waals surface area contributed by atoms with Crippen molar-refractivity contribution in [3.8, 4) is 0 Å². The van der Waals surface area contributed by atoms with Gasteiger partial charge in [-0.25, -0.2) is 0 Å². The minimum absolute atomic E-state index is 0.262. The van der Waals surface area contributed by atoms with Crippen LogP contribution in [0.1, 0.15) is 25.7 Å². The van der Waals surface area contributed by atoms with E-state index in [4.69, 9.17) is 10.8 Å². The topological polar surface area (TPSA) is 49.5 Å². The highest BCUT2D eigenvalue weighted by atomic mass is 16.3. The number of nitrogen functional groups attached to an aromatic ring is 1. The lowest BCUT2D eigenvalue weighted by Crippen LogP contribution is -2.41. The van der Waals surface area contributed by atoms with Gasteiger partial charge in [-0.2, -0.15) is 0 Å². The Labute approximate surface area is 96.9 Å². The van der Waals surface area contributed by atoms with Crippen molar-refractivity contribution in [1.29, 1.82) is 0 Å². The van der Waals surface area contributed by atoms with E-state index in [1.807, 2.05) is 12.1 Å². The van der Waals surface area contributed by atoms with E-state index < -0.39 is 0 Å². The number of nitrogens with zero attached hydrogens (tertiary/aromatic N) is 1. The monoisotopic (exact) mass is 220 g/mol. The third kappa shape index (κ3) is 2.47. The number of nitrogens with two attached hydrogens (primary N) is 1. The van der Waals surface area contributed by atoms with E-state index in [0.717, 1.165) is 18.7 Å². The number of rotatable bonds is 5. The van der Waals surface area contributed by atoms with Gasteiger partial charge in [0.15, 0.2) is 0 Å². The van der Waals surface area contributed by atoms with Gasteiger partial charge < -0.3 is 15.7 Å². The Morgan fingerprint density at radius 3 is 2.44 bits per heavy atom. The van der Waals surface area contributed by atoms with Gasteiger partial charge >= 0.3 is 0 Å². The molecule has 3 N–H and O–H groups in total. The fourth-order valence-electron chi connectivity index (χ4n) is 2.13. The molecule has 0 atom stereocenters. The molecule has 2 rings (SSSR count). The summed E-state index contributed by atoms with van der Waals surface area (Å²) < 4.78 is 0. The van der Waals surface area contributed by atoms with E-state index in [9.17, 15) is 0 Å². The molecule has 88 valence electrons. The number of aliphatic hydroxyl groups excluding tert-OH is 1.